The van der Waals surface area contributed by atoms with Crippen LogP contribution in [0.25, 0.3) is 0 Å². The second kappa shape index (κ2) is 5.01. The van der Waals surface area contributed by atoms with Gasteiger partial charge < -0.3 is 9.47 Å². The third-order valence-corrected chi connectivity index (χ3v) is 1.60. The molecule has 5 nitrogen and oxygen atoms in total. The lowest BCUT2D eigenvalue weighted by atomic mass is 10.2. The summed E-state index contributed by atoms with van der Waals surface area (Å²) in [5, 5.41) is 3.95. The maximum absolute atomic E-state index is 11.6. The van der Waals surface area contributed by atoms with Gasteiger partial charge in [-0.3, -0.25) is 0 Å². The summed E-state index contributed by atoms with van der Waals surface area (Å²) in [5.74, 6) is 0.438. The summed E-state index contributed by atoms with van der Waals surface area (Å²) >= 11 is 0. The molecule has 0 radical (unpaired) electrons. The number of rotatable bonds is 3. The van der Waals surface area contributed by atoms with Crippen LogP contribution in [0.1, 0.15) is 34.1 Å². The van der Waals surface area contributed by atoms with Gasteiger partial charge in [-0.2, -0.15) is 4.68 Å². The zero-order valence-electron chi connectivity index (χ0n) is 10.2. The number of nitrogens with zero attached hydrogens (tertiary/aromatic N) is 2. The van der Waals surface area contributed by atoms with E-state index < -0.39 is 11.7 Å². The lowest BCUT2D eigenvalue weighted by molar-refractivity contribution is 0.0511. The van der Waals surface area contributed by atoms with Crippen molar-refractivity contribution in [3.8, 4) is 5.88 Å². The van der Waals surface area contributed by atoms with Gasteiger partial charge in [-0.15, -0.1) is 5.10 Å². The lowest BCUT2D eigenvalue weighted by Gasteiger charge is -2.18. The van der Waals surface area contributed by atoms with E-state index in [1.165, 1.54) is 6.20 Å². The highest BCUT2D eigenvalue weighted by molar-refractivity contribution is 5.69. The molecule has 0 spiro atoms. The minimum Gasteiger partial charge on any atom is -0.477 e. The van der Waals surface area contributed by atoms with E-state index in [1.54, 1.807) is 6.07 Å². The molecule has 1 rings (SSSR count). The summed E-state index contributed by atoms with van der Waals surface area (Å²) in [6.45, 7) is 8.02. The molecule has 0 saturated carbocycles. The van der Waals surface area contributed by atoms with Crippen molar-refractivity contribution in [2.24, 2.45) is 0 Å². The molecule has 0 atom stereocenters. The largest absolute Gasteiger partial charge is 0.477 e. The first-order valence-electron chi connectivity index (χ1n) is 5.34. The van der Waals surface area contributed by atoms with Gasteiger partial charge in [0.15, 0.2) is 0 Å². The predicted octanol–water partition coefficient (Wildman–Crippen LogP) is 2.46. The molecule has 0 bridgehead atoms. The normalized spacial score (nSPS) is 11.2. The van der Waals surface area contributed by atoms with Crippen LogP contribution in [-0.4, -0.2) is 28.1 Å². The summed E-state index contributed by atoms with van der Waals surface area (Å²) in [5.41, 5.74) is -0.520. The molecule has 0 aromatic carbocycles. The summed E-state index contributed by atoms with van der Waals surface area (Å²) in [7, 11) is 0. The van der Waals surface area contributed by atoms with Gasteiger partial charge in [0.05, 0.1) is 6.61 Å². The Morgan fingerprint density at radius 3 is 2.75 bits per heavy atom. The molecule has 0 saturated heterocycles. The van der Waals surface area contributed by atoms with Crippen molar-refractivity contribution >= 4 is 6.09 Å². The van der Waals surface area contributed by atoms with Crippen LogP contribution in [-0.2, 0) is 4.74 Å². The second-order valence-corrected chi connectivity index (χ2v) is 4.43. The fourth-order valence-electron chi connectivity index (χ4n) is 1.00. The lowest BCUT2D eigenvalue weighted by Crippen LogP contribution is -2.27. The highest BCUT2D eigenvalue weighted by Gasteiger charge is 2.18. The van der Waals surface area contributed by atoms with Gasteiger partial charge in [-0.25, -0.2) is 4.79 Å². The summed E-state index contributed by atoms with van der Waals surface area (Å²) in [6, 6.07) is 1.64. The Morgan fingerprint density at radius 2 is 2.19 bits per heavy atom. The number of ether oxygens (including phenoxy) is 2. The van der Waals surface area contributed by atoms with Crippen LogP contribution in [0, 0.1) is 0 Å². The fourth-order valence-corrected chi connectivity index (χ4v) is 1.00. The predicted molar refractivity (Wildman–Crippen MR) is 59.6 cm³/mol. The Hall–Kier alpha value is -1.52. The Labute approximate surface area is 95.3 Å². The van der Waals surface area contributed by atoms with Gasteiger partial charge in [0.1, 0.15) is 5.60 Å². The second-order valence-electron chi connectivity index (χ2n) is 4.43. The Balaban J connectivity index is 2.60. The van der Waals surface area contributed by atoms with Crippen molar-refractivity contribution in [3.05, 3.63) is 12.3 Å². The molecule has 0 fully saturated rings. The van der Waals surface area contributed by atoms with E-state index in [4.69, 9.17) is 9.47 Å². The van der Waals surface area contributed by atoms with Gasteiger partial charge in [0.25, 0.3) is 0 Å². The molecular formula is C11H18N2O3. The molecule has 90 valence electrons. The molecule has 0 aliphatic rings. The van der Waals surface area contributed by atoms with Crippen LogP contribution in [0.5, 0.6) is 5.88 Å². The maximum Gasteiger partial charge on any atom is 0.435 e. The van der Waals surface area contributed by atoms with E-state index >= 15 is 0 Å². The number of carbonyl (C=O) groups is 1. The summed E-state index contributed by atoms with van der Waals surface area (Å²) in [4.78, 5) is 11.6. The first-order valence-corrected chi connectivity index (χ1v) is 5.34. The Morgan fingerprint density at radius 1 is 1.50 bits per heavy atom. The van der Waals surface area contributed by atoms with E-state index in [-0.39, 0.29) is 0 Å². The smallest absolute Gasteiger partial charge is 0.435 e. The minimum atomic E-state index is -0.520. The minimum absolute atomic E-state index is 0.438. The van der Waals surface area contributed by atoms with Crippen LogP contribution in [0.2, 0.25) is 0 Å². The zero-order valence-corrected chi connectivity index (χ0v) is 10.2. The van der Waals surface area contributed by atoms with Crippen LogP contribution >= 0.6 is 0 Å². The molecule has 0 unspecified atom stereocenters. The van der Waals surface area contributed by atoms with Gasteiger partial charge >= 0.3 is 6.09 Å². The number of carbonyl (C=O) groups excluding carboxylic acids is 1. The first-order chi connectivity index (χ1) is 7.42. The summed E-state index contributed by atoms with van der Waals surface area (Å²) in [6.07, 6.45) is 1.93. The van der Waals surface area contributed by atoms with Gasteiger partial charge in [0.2, 0.25) is 5.88 Å². The molecule has 1 aromatic rings. The van der Waals surface area contributed by atoms with Crippen LogP contribution in [0.3, 0.4) is 0 Å². The van der Waals surface area contributed by atoms with Gasteiger partial charge in [0, 0.05) is 12.3 Å². The van der Waals surface area contributed by atoms with E-state index in [2.05, 4.69) is 5.10 Å². The number of aromatic nitrogens is 2. The number of hydrogen-bond acceptors (Lipinski definition) is 4. The van der Waals surface area contributed by atoms with Crippen molar-refractivity contribution in [2.45, 2.75) is 39.7 Å². The molecule has 0 N–H and O–H groups in total. The Bertz CT molecular complexity index is 352. The molecule has 0 aliphatic carbocycles. The summed E-state index contributed by atoms with van der Waals surface area (Å²) < 4.78 is 11.6. The zero-order chi connectivity index (χ0) is 12.2. The average Bonchev–Trinajstić information content (AvgIpc) is 2.60. The van der Waals surface area contributed by atoms with E-state index in [9.17, 15) is 4.79 Å². The van der Waals surface area contributed by atoms with Crippen molar-refractivity contribution < 1.29 is 14.3 Å². The molecule has 16 heavy (non-hydrogen) atoms. The van der Waals surface area contributed by atoms with Crippen molar-refractivity contribution in [1.82, 2.24) is 9.78 Å². The van der Waals surface area contributed by atoms with E-state index in [0.717, 1.165) is 11.1 Å². The van der Waals surface area contributed by atoms with E-state index in [1.807, 2.05) is 27.7 Å². The topological polar surface area (TPSA) is 53.4 Å². The van der Waals surface area contributed by atoms with Gasteiger partial charge in [-0.1, -0.05) is 6.92 Å². The van der Waals surface area contributed by atoms with Gasteiger partial charge in [-0.05, 0) is 27.2 Å². The number of hydrogen-bond donors (Lipinski definition) is 0. The van der Waals surface area contributed by atoms with Crippen LogP contribution < -0.4 is 4.74 Å². The highest BCUT2D eigenvalue weighted by Crippen LogP contribution is 2.11. The third-order valence-electron chi connectivity index (χ3n) is 1.60. The fraction of sp³-hybridized carbons (Fsp3) is 0.636. The maximum atomic E-state index is 11.6. The molecule has 0 amide bonds. The highest BCUT2D eigenvalue weighted by atomic mass is 16.6. The first kappa shape index (κ1) is 12.5. The monoisotopic (exact) mass is 226 g/mol. The quantitative estimate of drug-likeness (QED) is 0.794. The van der Waals surface area contributed by atoms with Crippen molar-refractivity contribution in [1.29, 1.82) is 0 Å². The third kappa shape index (κ3) is 3.92. The molecule has 1 aromatic heterocycles. The molecule has 1 heterocycles. The molecular weight excluding hydrogens is 208 g/mol. The van der Waals surface area contributed by atoms with Crippen LogP contribution in [0.15, 0.2) is 12.3 Å². The van der Waals surface area contributed by atoms with Crippen molar-refractivity contribution in [2.75, 3.05) is 6.61 Å². The van der Waals surface area contributed by atoms with Crippen LogP contribution in [0.4, 0.5) is 4.79 Å². The molecule has 0 aliphatic heterocycles. The Kier molecular flexibility index (Phi) is 3.93. The van der Waals surface area contributed by atoms with E-state index in [0.29, 0.717) is 12.5 Å². The average molecular weight is 226 g/mol. The van der Waals surface area contributed by atoms with Crippen molar-refractivity contribution in [3.63, 3.8) is 0 Å². The molecule has 5 heteroatoms. The standard InChI is InChI=1S/C11H18N2O3/c1-5-8-15-9-6-7-13(12-9)10(14)16-11(2,3)4/h6-7H,5,8H2,1-4H3. The SMILES string of the molecule is CCCOc1ccn(C(=O)OC(C)(C)C)n1.